The molecule has 0 N–H and O–H groups in total. The van der Waals surface area contributed by atoms with Crippen LogP contribution in [0, 0.1) is 0 Å². The molecule has 112 valence electrons. The number of imidazole rings is 1. The van der Waals surface area contributed by atoms with E-state index in [1.807, 2.05) is 24.5 Å². The molecule has 0 unspecified atom stereocenters. The van der Waals surface area contributed by atoms with Crippen molar-refractivity contribution in [2.45, 2.75) is 25.4 Å². The minimum atomic E-state index is 0.318. The van der Waals surface area contributed by atoms with Gasteiger partial charge in [0.05, 0.1) is 6.20 Å². The van der Waals surface area contributed by atoms with Crippen LogP contribution in [0.3, 0.4) is 0 Å². The molecule has 0 spiro atoms. The van der Waals surface area contributed by atoms with Crippen LogP contribution < -0.4 is 4.74 Å². The van der Waals surface area contributed by atoms with Gasteiger partial charge in [-0.15, -0.1) is 0 Å². The monoisotopic (exact) mass is 286 g/mol. The number of hydrogen-bond acceptors (Lipinski definition) is 4. The number of pyridine rings is 1. The normalized spacial score (nSPS) is 17.0. The van der Waals surface area contributed by atoms with Gasteiger partial charge in [-0.2, -0.15) is 0 Å². The maximum atomic E-state index is 5.97. The van der Waals surface area contributed by atoms with E-state index in [-0.39, 0.29) is 0 Å². The van der Waals surface area contributed by atoms with E-state index in [1.54, 1.807) is 12.4 Å². The summed E-state index contributed by atoms with van der Waals surface area (Å²) in [6.45, 7) is 3.26. The maximum absolute atomic E-state index is 5.97. The van der Waals surface area contributed by atoms with Gasteiger partial charge >= 0.3 is 0 Å². The van der Waals surface area contributed by atoms with Gasteiger partial charge in [-0.1, -0.05) is 0 Å². The first-order chi connectivity index (χ1) is 10.3. The molecule has 1 aliphatic rings. The van der Waals surface area contributed by atoms with Crippen LogP contribution in [0.5, 0.6) is 5.75 Å². The zero-order valence-electron chi connectivity index (χ0n) is 12.5. The lowest BCUT2D eigenvalue weighted by atomic mass is 10.1. The second-order valence-electron chi connectivity index (χ2n) is 5.55. The van der Waals surface area contributed by atoms with Gasteiger partial charge in [-0.05, 0) is 25.0 Å². The van der Waals surface area contributed by atoms with Crippen molar-refractivity contribution in [3.63, 3.8) is 0 Å². The molecule has 3 heterocycles. The molecule has 2 aromatic rings. The molecule has 5 heteroatoms. The number of hydrogen-bond donors (Lipinski definition) is 0. The number of nitrogens with zero attached hydrogens (tertiary/aromatic N) is 4. The fourth-order valence-corrected chi connectivity index (χ4v) is 2.76. The summed E-state index contributed by atoms with van der Waals surface area (Å²) in [6.07, 6.45) is 10.9. The Hall–Kier alpha value is -1.88. The first-order valence-corrected chi connectivity index (χ1v) is 7.56. The highest BCUT2D eigenvalue weighted by Gasteiger charge is 2.20. The lowest BCUT2D eigenvalue weighted by Gasteiger charge is -2.31. The van der Waals surface area contributed by atoms with E-state index in [2.05, 4.69) is 26.5 Å². The summed E-state index contributed by atoms with van der Waals surface area (Å²) < 4.78 is 8.06. The molecule has 1 saturated heterocycles. The Kier molecular flexibility index (Phi) is 4.50. The largest absolute Gasteiger partial charge is 0.489 e. The van der Waals surface area contributed by atoms with Crippen LogP contribution in [0.1, 0.15) is 18.7 Å². The SMILES string of the molecule is Cn1ccnc1CCN1CCC(Oc2cccnc2)CC1. The third-order valence-electron chi connectivity index (χ3n) is 4.04. The van der Waals surface area contributed by atoms with Gasteiger partial charge in [0.2, 0.25) is 0 Å². The average Bonchev–Trinajstić information content (AvgIpc) is 2.93. The van der Waals surface area contributed by atoms with Crippen molar-refractivity contribution >= 4 is 0 Å². The van der Waals surface area contributed by atoms with E-state index in [4.69, 9.17) is 4.74 Å². The summed E-state index contributed by atoms with van der Waals surface area (Å²) >= 11 is 0. The molecule has 0 bridgehead atoms. The molecule has 2 aromatic heterocycles. The van der Waals surface area contributed by atoms with Gasteiger partial charge in [-0.3, -0.25) is 4.98 Å². The van der Waals surface area contributed by atoms with Crippen molar-refractivity contribution < 1.29 is 4.74 Å². The van der Waals surface area contributed by atoms with E-state index in [0.717, 1.165) is 50.5 Å². The highest BCUT2D eigenvalue weighted by atomic mass is 16.5. The Labute approximate surface area is 125 Å². The number of aryl methyl sites for hydroxylation is 1. The van der Waals surface area contributed by atoms with E-state index < -0.39 is 0 Å². The molecule has 0 atom stereocenters. The number of rotatable bonds is 5. The first kappa shape index (κ1) is 14.1. The number of ether oxygens (including phenoxy) is 1. The molecule has 0 amide bonds. The van der Waals surface area contributed by atoms with E-state index in [0.29, 0.717) is 6.10 Å². The van der Waals surface area contributed by atoms with Gasteiger partial charge < -0.3 is 14.2 Å². The van der Waals surface area contributed by atoms with Gasteiger partial charge in [-0.25, -0.2) is 4.98 Å². The fraction of sp³-hybridized carbons (Fsp3) is 0.500. The highest BCUT2D eigenvalue weighted by Crippen LogP contribution is 2.18. The molecule has 5 nitrogen and oxygen atoms in total. The van der Waals surface area contributed by atoms with Crippen molar-refractivity contribution in [2.24, 2.45) is 7.05 Å². The van der Waals surface area contributed by atoms with E-state index in [1.165, 1.54) is 0 Å². The van der Waals surface area contributed by atoms with E-state index >= 15 is 0 Å². The van der Waals surface area contributed by atoms with Crippen molar-refractivity contribution in [1.29, 1.82) is 0 Å². The van der Waals surface area contributed by atoms with Crippen LogP contribution in [-0.4, -0.2) is 45.2 Å². The lowest BCUT2D eigenvalue weighted by Crippen LogP contribution is -2.39. The second kappa shape index (κ2) is 6.72. The zero-order valence-corrected chi connectivity index (χ0v) is 12.5. The quantitative estimate of drug-likeness (QED) is 0.842. The minimum Gasteiger partial charge on any atom is -0.489 e. The van der Waals surface area contributed by atoms with Crippen LogP contribution in [0.15, 0.2) is 36.9 Å². The first-order valence-electron chi connectivity index (χ1n) is 7.56. The molecule has 1 aliphatic heterocycles. The predicted molar refractivity (Wildman–Crippen MR) is 81.2 cm³/mol. The third kappa shape index (κ3) is 3.82. The van der Waals surface area contributed by atoms with Gasteiger partial charge in [0.25, 0.3) is 0 Å². The second-order valence-corrected chi connectivity index (χ2v) is 5.55. The standard InChI is InChI=1S/C16H22N4O/c1-19-12-8-18-16(19)6-11-20-9-4-14(5-10-20)21-15-3-2-7-17-13-15/h2-3,7-8,12-14H,4-6,9-11H2,1H3. The Morgan fingerprint density at radius 1 is 1.29 bits per heavy atom. The molecule has 0 aromatic carbocycles. The van der Waals surface area contributed by atoms with E-state index in [9.17, 15) is 0 Å². The molecular formula is C16H22N4O. The maximum Gasteiger partial charge on any atom is 0.137 e. The molecule has 1 fully saturated rings. The molecule has 3 rings (SSSR count). The van der Waals surface area contributed by atoms with Crippen molar-refractivity contribution in [3.05, 3.63) is 42.7 Å². The number of likely N-dealkylation sites (tertiary alicyclic amines) is 1. The van der Waals surface area contributed by atoms with Crippen LogP contribution >= 0.6 is 0 Å². The Morgan fingerprint density at radius 3 is 2.81 bits per heavy atom. The summed E-state index contributed by atoms with van der Waals surface area (Å²) in [4.78, 5) is 11.0. The summed E-state index contributed by atoms with van der Waals surface area (Å²) in [5.74, 6) is 2.03. The molecule has 0 aliphatic carbocycles. The zero-order chi connectivity index (χ0) is 14.5. The Morgan fingerprint density at radius 2 is 2.14 bits per heavy atom. The molecular weight excluding hydrogens is 264 g/mol. The van der Waals surface area contributed by atoms with Crippen LogP contribution in [-0.2, 0) is 13.5 Å². The molecule has 21 heavy (non-hydrogen) atoms. The highest BCUT2D eigenvalue weighted by molar-refractivity contribution is 5.15. The molecule has 0 radical (unpaired) electrons. The average molecular weight is 286 g/mol. The van der Waals surface area contributed by atoms with Crippen molar-refractivity contribution in [1.82, 2.24) is 19.4 Å². The van der Waals surface area contributed by atoms with Crippen LogP contribution in [0.4, 0.5) is 0 Å². The number of piperidine rings is 1. The summed E-state index contributed by atoms with van der Waals surface area (Å²) in [7, 11) is 2.05. The summed E-state index contributed by atoms with van der Waals surface area (Å²) in [6, 6.07) is 3.89. The summed E-state index contributed by atoms with van der Waals surface area (Å²) in [5.41, 5.74) is 0. The van der Waals surface area contributed by atoms with Gasteiger partial charge in [0, 0.05) is 51.7 Å². The Bertz CT molecular complexity index is 546. The van der Waals surface area contributed by atoms with Crippen LogP contribution in [0.2, 0.25) is 0 Å². The van der Waals surface area contributed by atoms with Crippen molar-refractivity contribution in [3.8, 4) is 5.75 Å². The number of aromatic nitrogens is 3. The Balaban J connectivity index is 1.42. The topological polar surface area (TPSA) is 43.2 Å². The summed E-state index contributed by atoms with van der Waals surface area (Å²) in [5, 5.41) is 0. The fourth-order valence-electron chi connectivity index (χ4n) is 2.76. The lowest BCUT2D eigenvalue weighted by molar-refractivity contribution is 0.101. The third-order valence-corrected chi connectivity index (χ3v) is 4.04. The minimum absolute atomic E-state index is 0.318. The predicted octanol–water partition coefficient (Wildman–Crippen LogP) is 1.90. The van der Waals surface area contributed by atoms with Crippen LogP contribution in [0.25, 0.3) is 0 Å². The van der Waals surface area contributed by atoms with Crippen molar-refractivity contribution in [2.75, 3.05) is 19.6 Å². The van der Waals surface area contributed by atoms with Gasteiger partial charge in [0.1, 0.15) is 17.7 Å². The van der Waals surface area contributed by atoms with Gasteiger partial charge in [0.15, 0.2) is 0 Å². The molecule has 0 saturated carbocycles. The smallest absolute Gasteiger partial charge is 0.137 e.